The number of hydrogen-bond acceptors (Lipinski definition) is 6. The molecule has 1 N–H and O–H groups in total. The first-order chi connectivity index (χ1) is 13.4. The molecule has 0 atom stereocenters. The number of amides is 1. The van der Waals surface area contributed by atoms with Crippen LogP contribution in [-0.2, 0) is 11.2 Å². The number of nitrogens with one attached hydrogen (secondary N) is 1. The maximum atomic E-state index is 12.3. The first-order valence-electron chi connectivity index (χ1n) is 8.45. The van der Waals surface area contributed by atoms with Crippen LogP contribution in [0, 0.1) is 24.0 Å². The van der Waals surface area contributed by atoms with E-state index in [-0.39, 0.29) is 17.7 Å². The second-order valence-electron chi connectivity index (χ2n) is 6.28. The van der Waals surface area contributed by atoms with Crippen LogP contribution in [0.2, 0.25) is 0 Å². The number of nitro groups is 1. The van der Waals surface area contributed by atoms with Gasteiger partial charge in [0.1, 0.15) is 5.58 Å². The number of carbonyl (C=O) groups excluding carboxylic acids is 1. The number of benzene rings is 2. The van der Waals surface area contributed by atoms with Gasteiger partial charge in [0.2, 0.25) is 5.91 Å². The van der Waals surface area contributed by atoms with Crippen molar-refractivity contribution < 1.29 is 14.1 Å². The summed E-state index contributed by atoms with van der Waals surface area (Å²) in [5.74, 6) is -0.456. The fourth-order valence-electron chi connectivity index (χ4n) is 2.95. The fourth-order valence-corrected chi connectivity index (χ4v) is 2.95. The zero-order valence-electron chi connectivity index (χ0n) is 15.3. The minimum atomic E-state index is -0.535. The molecule has 2 aromatic carbocycles. The molecular formula is C20H17N3O5. The van der Waals surface area contributed by atoms with E-state index in [2.05, 4.69) is 10.5 Å². The Morgan fingerprint density at radius 1 is 1.21 bits per heavy atom. The Balaban J connectivity index is 1.82. The van der Waals surface area contributed by atoms with Gasteiger partial charge >= 0.3 is 5.63 Å². The molecule has 0 fully saturated rings. The van der Waals surface area contributed by atoms with Crippen molar-refractivity contribution in [3.05, 3.63) is 85.3 Å². The first kappa shape index (κ1) is 19.0. The van der Waals surface area contributed by atoms with Gasteiger partial charge in [-0.3, -0.25) is 14.9 Å². The molecule has 0 aliphatic rings. The molecule has 8 heteroatoms. The highest BCUT2D eigenvalue weighted by atomic mass is 16.6. The summed E-state index contributed by atoms with van der Waals surface area (Å²) in [6, 6.07) is 11.1. The Hall–Kier alpha value is -3.81. The molecule has 0 spiro atoms. The van der Waals surface area contributed by atoms with Gasteiger partial charge < -0.3 is 4.42 Å². The number of nitrogens with zero attached hydrogens (tertiary/aromatic N) is 2. The Morgan fingerprint density at radius 2 is 1.93 bits per heavy atom. The third-order valence-electron chi connectivity index (χ3n) is 4.26. The van der Waals surface area contributed by atoms with E-state index < -0.39 is 16.5 Å². The first-order valence-corrected chi connectivity index (χ1v) is 8.45. The van der Waals surface area contributed by atoms with Gasteiger partial charge in [0.05, 0.1) is 23.1 Å². The average molecular weight is 379 g/mol. The third-order valence-corrected chi connectivity index (χ3v) is 4.26. The minimum absolute atomic E-state index is 0.0827. The van der Waals surface area contributed by atoms with Crippen LogP contribution >= 0.6 is 0 Å². The van der Waals surface area contributed by atoms with Crippen LogP contribution in [0.3, 0.4) is 0 Å². The normalized spacial score (nSPS) is 11.1. The molecule has 1 amide bonds. The highest BCUT2D eigenvalue weighted by Gasteiger charge is 2.14. The van der Waals surface area contributed by atoms with E-state index in [0.29, 0.717) is 11.1 Å². The summed E-state index contributed by atoms with van der Waals surface area (Å²) in [4.78, 5) is 34.6. The van der Waals surface area contributed by atoms with Gasteiger partial charge in [-0.1, -0.05) is 24.3 Å². The molecule has 1 aromatic heterocycles. The van der Waals surface area contributed by atoms with Crippen LogP contribution in [0.25, 0.3) is 11.0 Å². The van der Waals surface area contributed by atoms with Gasteiger partial charge in [-0.2, -0.15) is 5.10 Å². The standard InChI is InChI=1S/C20H17N3O5/c1-12-7-8-13(2)20-19(12)15(10-18(25)28-20)9-17(24)22-21-11-14-5-3-4-6-16(14)23(26)27/h3-8,10-11H,9H2,1-2H3,(H,22,24)/b21-11+. The van der Waals surface area contributed by atoms with Gasteiger partial charge in [-0.25, -0.2) is 10.2 Å². The Labute approximate surface area is 159 Å². The minimum Gasteiger partial charge on any atom is -0.422 e. The monoisotopic (exact) mass is 379 g/mol. The number of fused-ring (bicyclic) bond motifs is 1. The van der Waals surface area contributed by atoms with Crippen molar-refractivity contribution in [3.63, 3.8) is 0 Å². The number of nitro benzene ring substituents is 1. The summed E-state index contributed by atoms with van der Waals surface area (Å²) < 4.78 is 5.29. The zero-order valence-corrected chi connectivity index (χ0v) is 15.3. The van der Waals surface area contributed by atoms with Crippen molar-refractivity contribution >= 4 is 28.8 Å². The average Bonchev–Trinajstić information content (AvgIpc) is 2.64. The number of para-hydroxylation sites is 1. The van der Waals surface area contributed by atoms with Gasteiger partial charge in [-0.05, 0) is 36.6 Å². The van der Waals surface area contributed by atoms with Gasteiger partial charge in [0, 0.05) is 17.5 Å². The van der Waals surface area contributed by atoms with Gasteiger partial charge in [0.25, 0.3) is 5.69 Å². The van der Waals surface area contributed by atoms with Crippen molar-refractivity contribution in [1.82, 2.24) is 5.43 Å². The van der Waals surface area contributed by atoms with Crippen LogP contribution in [0.5, 0.6) is 0 Å². The van der Waals surface area contributed by atoms with E-state index in [9.17, 15) is 19.7 Å². The Morgan fingerprint density at radius 3 is 2.68 bits per heavy atom. The lowest BCUT2D eigenvalue weighted by Crippen LogP contribution is -2.21. The van der Waals surface area contributed by atoms with Crippen molar-refractivity contribution in [2.75, 3.05) is 0 Å². The number of rotatable bonds is 5. The lowest BCUT2D eigenvalue weighted by Gasteiger charge is -2.09. The quantitative estimate of drug-likeness (QED) is 0.317. The predicted molar refractivity (Wildman–Crippen MR) is 104 cm³/mol. The summed E-state index contributed by atoms with van der Waals surface area (Å²) in [5, 5.41) is 15.5. The van der Waals surface area contributed by atoms with Crippen LogP contribution in [0.15, 0.2) is 56.8 Å². The summed E-state index contributed by atoms with van der Waals surface area (Å²) in [6.45, 7) is 3.70. The second kappa shape index (κ2) is 7.83. The van der Waals surface area contributed by atoms with Crippen LogP contribution in [-0.4, -0.2) is 17.0 Å². The lowest BCUT2D eigenvalue weighted by molar-refractivity contribution is -0.385. The molecule has 3 aromatic rings. The number of aryl methyl sites for hydroxylation is 2. The molecule has 0 aliphatic carbocycles. The molecule has 8 nitrogen and oxygen atoms in total. The van der Waals surface area contributed by atoms with Crippen molar-refractivity contribution in [2.24, 2.45) is 5.10 Å². The number of hydrazone groups is 1. The van der Waals surface area contributed by atoms with Gasteiger partial charge in [0.15, 0.2) is 0 Å². The largest absolute Gasteiger partial charge is 0.422 e. The predicted octanol–water partition coefficient (Wildman–Crippen LogP) is 3.01. The zero-order chi connectivity index (χ0) is 20.3. The van der Waals surface area contributed by atoms with E-state index in [1.807, 2.05) is 26.0 Å². The maximum Gasteiger partial charge on any atom is 0.336 e. The summed E-state index contributed by atoms with van der Waals surface area (Å²) >= 11 is 0. The molecule has 0 saturated carbocycles. The highest BCUT2D eigenvalue weighted by Crippen LogP contribution is 2.24. The van der Waals surface area contributed by atoms with Crippen molar-refractivity contribution in [3.8, 4) is 0 Å². The maximum absolute atomic E-state index is 12.3. The number of carbonyl (C=O) groups is 1. The van der Waals surface area contributed by atoms with E-state index >= 15 is 0 Å². The van der Waals surface area contributed by atoms with Gasteiger partial charge in [-0.15, -0.1) is 0 Å². The molecular weight excluding hydrogens is 362 g/mol. The molecule has 28 heavy (non-hydrogen) atoms. The molecule has 0 aliphatic heterocycles. The van der Waals surface area contributed by atoms with Crippen LogP contribution < -0.4 is 11.1 Å². The molecule has 0 unspecified atom stereocenters. The van der Waals surface area contributed by atoms with E-state index in [0.717, 1.165) is 16.5 Å². The molecule has 3 rings (SSSR count). The van der Waals surface area contributed by atoms with Crippen molar-refractivity contribution in [2.45, 2.75) is 20.3 Å². The smallest absolute Gasteiger partial charge is 0.336 e. The lowest BCUT2D eigenvalue weighted by atomic mass is 10.00. The van der Waals surface area contributed by atoms with E-state index in [1.54, 1.807) is 12.1 Å². The molecule has 1 heterocycles. The van der Waals surface area contributed by atoms with Crippen LogP contribution in [0.4, 0.5) is 5.69 Å². The Bertz CT molecular complexity index is 1160. The Kier molecular flexibility index (Phi) is 5.30. The topological polar surface area (TPSA) is 115 Å². The second-order valence-corrected chi connectivity index (χ2v) is 6.28. The summed E-state index contributed by atoms with van der Waals surface area (Å²) in [6.07, 6.45) is 1.13. The highest BCUT2D eigenvalue weighted by molar-refractivity contribution is 5.91. The molecule has 0 radical (unpaired) electrons. The molecule has 0 bridgehead atoms. The molecule has 142 valence electrons. The van der Waals surface area contributed by atoms with Crippen LogP contribution in [0.1, 0.15) is 22.3 Å². The summed E-state index contributed by atoms with van der Waals surface area (Å²) in [7, 11) is 0. The number of hydrogen-bond donors (Lipinski definition) is 1. The van der Waals surface area contributed by atoms with E-state index in [4.69, 9.17) is 4.42 Å². The third kappa shape index (κ3) is 3.96. The summed E-state index contributed by atoms with van der Waals surface area (Å²) in [5.41, 5.74) is 4.64. The SMILES string of the molecule is Cc1ccc(C)c2c(CC(=O)N/N=C/c3ccccc3[N+](=O)[O-])cc(=O)oc12. The molecule has 0 saturated heterocycles. The fraction of sp³-hybridized carbons (Fsp3) is 0.150. The van der Waals surface area contributed by atoms with E-state index in [1.165, 1.54) is 24.4 Å². The van der Waals surface area contributed by atoms with Crippen molar-refractivity contribution in [1.29, 1.82) is 0 Å².